The lowest BCUT2D eigenvalue weighted by Gasteiger charge is -2.32. The van der Waals surface area contributed by atoms with Crippen LogP contribution in [0.4, 0.5) is 0 Å². The number of hydrogen-bond donors (Lipinski definition) is 1. The zero-order valence-corrected chi connectivity index (χ0v) is 13.2. The number of fused-ring (bicyclic) bond motifs is 2. The van der Waals surface area contributed by atoms with Gasteiger partial charge < -0.3 is 10.0 Å². The summed E-state index contributed by atoms with van der Waals surface area (Å²) < 4.78 is 0. The molecular weight excluding hydrogens is 294 g/mol. The van der Waals surface area contributed by atoms with Crippen molar-refractivity contribution < 1.29 is 9.90 Å². The van der Waals surface area contributed by atoms with Crippen LogP contribution in [-0.4, -0.2) is 22.5 Å². The number of nitrogens with zero attached hydrogens (tertiary/aromatic N) is 1. The third kappa shape index (κ3) is 2.27. The first-order valence-electron chi connectivity index (χ1n) is 7.88. The summed E-state index contributed by atoms with van der Waals surface area (Å²) in [5, 5.41) is 12.5. The molecule has 2 heterocycles. The molecule has 1 amide bonds. The van der Waals surface area contributed by atoms with Gasteiger partial charge in [0.15, 0.2) is 0 Å². The number of aliphatic hydroxyl groups is 1. The van der Waals surface area contributed by atoms with E-state index < -0.39 is 6.10 Å². The molecule has 1 aromatic heterocycles. The number of aryl methyl sites for hydroxylation is 1. The van der Waals surface area contributed by atoms with Gasteiger partial charge in [0.1, 0.15) is 0 Å². The van der Waals surface area contributed by atoms with E-state index in [4.69, 9.17) is 0 Å². The highest BCUT2D eigenvalue weighted by molar-refractivity contribution is 7.12. The lowest BCUT2D eigenvalue weighted by atomic mass is 9.93. The Bertz CT molecular complexity index is 722. The highest BCUT2D eigenvalue weighted by Crippen LogP contribution is 2.33. The first-order chi connectivity index (χ1) is 10.7. The summed E-state index contributed by atoms with van der Waals surface area (Å²) in [7, 11) is 0. The van der Waals surface area contributed by atoms with Crippen LogP contribution >= 0.6 is 11.3 Å². The molecule has 0 fully saturated rings. The summed E-state index contributed by atoms with van der Waals surface area (Å²) in [6, 6.07) is 7.86. The van der Waals surface area contributed by atoms with Crippen LogP contribution in [0.15, 0.2) is 29.6 Å². The van der Waals surface area contributed by atoms with E-state index in [-0.39, 0.29) is 5.91 Å². The molecule has 114 valence electrons. The Labute approximate surface area is 134 Å². The molecule has 2 aromatic rings. The number of benzene rings is 1. The van der Waals surface area contributed by atoms with Crippen LogP contribution in [-0.2, 0) is 19.4 Å². The number of hydrogen-bond acceptors (Lipinski definition) is 3. The molecule has 0 saturated carbocycles. The van der Waals surface area contributed by atoms with E-state index in [1.165, 1.54) is 24.0 Å². The third-order valence-corrected chi connectivity index (χ3v) is 5.81. The first kappa shape index (κ1) is 14.0. The fourth-order valence-electron chi connectivity index (χ4n) is 3.58. The van der Waals surface area contributed by atoms with Crippen LogP contribution in [0.25, 0.3) is 0 Å². The van der Waals surface area contributed by atoms with Crippen molar-refractivity contribution in [2.45, 2.75) is 38.3 Å². The summed E-state index contributed by atoms with van der Waals surface area (Å²) in [6.45, 7) is 0.987. The topological polar surface area (TPSA) is 40.5 Å². The van der Waals surface area contributed by atoms with Crippen molar-refractivity contribution in [3.8, 4) is 0 Å². The zero-order valence-electron chi connectivity index (χ0n) is 12.4. The Morgan fingerprint density at radius 3 is 2.91 bits per heavy atom. The predicted molar refractivity (Wildman–Crippen MR) is 87.1 cm³/mol. The predicted octanol–water partition coefficient (Wildman–Crippen LogP) is 3.32. The Hall–Kier alpha value is -1.65. The minimum atomic E-state index is -0.579. The van der Waals surface area contributed by atoms with Crippen LogP contribution in [0.3, 0.4) is 0 Å². The van der Waals surface area contributed by atoms with Crippen LogP contribution < -0.4 is 0 Å². The Morgan fingerprint density at radius 1 is 1.18 bits per heavy atom. The standard InChI is InChI=1S/C18H19NO2S/c20-16-10-19(9-12-5-1-3-7-14(12)16)18(21)17-15-8-4-2-6-13(15)11-22-17/h1,3,5,7,11,16,20H,2,4,6,8-10H2/t16-/m0/s1. The van der Waals surface area contributed by atoms with Gasteiger partial charge >= 0.3 is 0 Å². The summed E-state index contributed by atoms with van der Waals surface area (Å²) in [5.41, 5.74) is 4.63. The van der Waals surface area contributed by atoms with Gasteiger partial charge in [-0.15, -0.1) is 11.3 Å². The number of carbonyl (C=O) groups excluding carboxylic acids is 1. The van der Waals surface area contributed by atoms with Crippen molar-refractivity contribution in [1.82, 2.24) is 4.90 Å². The number of carbonyl (C=O) groups is 1. The smallest absolute Gasteiger partial charge is 0.264 e. The lowest BCUT2D eigenvalue weighted by molar-refractivity contribution is 0.0553. The molecule has 1 atom stereocenters. The summed E-state index contributed by atoms with van der Waals surface area (Å²) in [5.74, 6) is 0.0849. The van der Waals surface area contributed by atoms with Crippen molar-refractivity contribution >= 4 is 17.2 Å². The van der Waals surface area contributed by atoms with Gasteiger partial charge in [-0.05, 0) is 53.3 Å². The lowest BCUT2D eigenvalue weighted by Crippen LogP contribution is -2.38. The van der Waals surface area contributed by atoms with Gasteiger partial charge in [-0.1, -0.05) is 24.3 Å². The minimum absolute atomic E-state index is 0.0849. The van der Waals surface area contributed by atoms with E-state index in [2.05, 4.69) is 5.38 Å². The molecule has 0 spiro atoms. The average molecular weight is 313 g/mol. The monoisotopic (exact) mass is 313 g/mol. The van der Waals surface area contributed by atoms with Crippen molar-refractivity contribution in [2.75, 3.05) is 6.54 Å². The number of rotatable bonds is 1. The number of β-amino-alcohol motifs (C(OH)–C–C–N with tert-alkyl or cyclic N) is 1. The van der Waals surface area contributed by atoms with Crippen molar-refractivity contribution in [2.24, 2.45) is 0 Å². The molecular formula is C18H19NO2S. The fourth-order valence-corrected chi connectivity index (χ4v) is 4.70. The van der Waals surface area contributed by atoms with Gasteiger partial charge in [0.05, 0.1) is 17.5 Å². The molecule has 1 N–H and O–H groups in total. The second-order valence-electron chi connectivity index (χ2n) is 6.18. The SMILES string of the molecule is O=C(c1scc2c1CCCC2)N1Cc2ccccc2[C@@H](O)C1. The minimum Gasteiger partial charge on any atom is -0.387 e. The molecule has 0 radical (unpaired) electrons. The second kappa shape index (κ2) is 5.52. The Balaban J connectivity index is 1.63. The van der Waals surface area contributed by atoms with E-state index in [1.807, 2.05) is 24.3 Å². The van der Waals surface area contributed by atoms with Crippen molar-refractivity contribution in [3.63, 3.8) is 0 Å². The molecule has 22 heavy (non-hydrogen) atoms. The van der Waals surface area contributed by atoms with Crippen LogP contribution in [0.5, 0.6) is 0 Å². The molecule has 4 rings (SSSR count). The maximum absolute atomic E-state index is 12.9. The largest absolute Gasteiger partial charge is 0.387 e. The van der Waals surface area contributed by atoms with E-state index in [9.17, 15) is 9.90 Å². The van der Waals surface area contributed by atoms with E-state index in [0.717, 1.165) is 28.8 Å². The first-order valence-corrected chi connectivity index (χ1v) is 8.76. The molecule has 4 heteroatoms. The van der Waals surface area contributed by atoms with Gasteiger partial charge in [0.25, 0.3) is 5.91 Å². The van der Waals surface area contributed by atoms with E-state index in [0.29, 0.717) is 13.1 Å². The second-order valence-corrected chi connectivity index (χ2v) is 7.06. The molecule has 1 aliphatic heterocycles. The van der Waals surface area contributed by atoms with Crippen LogP contribution in [0.2, 0.25) is 0 Å². The summed E-state index contributed by atoms with van der Waals surface area (Å²) in [4.78, 5) is 15.6. The number of aliphatic hydroxyl groups excluding tert-OH is 1. The summed E-state index contributed by atoms with van der Waals surface area (Å²) >= 11 is 1.58. The zero-order chi connectivity index (χ0) is 15.1. The maximum atomic E-state index is 12.9. The van der Waals surface area contributed by atoms with Crippen molar-refractivity contribution in [3.05, 3.63) is 56.8 Å². The van der Waals surface area contributed by atoms with Gasteiger partial charge in [0, 0.05) is 6.54 Å². The van der Waals surface area contributed by atoms with Gasteiger partial charge in [0.2, 0.25) is 0 Å². The van der Waals surface area contributed by atoms with E-state index in [1.54, 1.807) is 16.2 Å². The third-order valence-electron chi connectivity index (χ3n) is 4.75. The Morgan fingerprint density at radius 2 is 2.00 bits per heavy atom. The maximum Gasteiger partial charge on any atom is 0.264 e. The molecule has 0 unspecified atom stereocenters. The number of amides is 1. The van der Waals surface area contributed by atoms with E-state index >= 15 is 0 Å². The fraction of sp³-hybridized carbons (Fsp3) is 0.389. The molecule has 3 nitrogen and oxygen atoms in total. The highest BCUT2D eigenvalue weighted by Gasteiger charge is 2.30. The quantitative estimate of drug-likeness (QED) is 0.877. The normalized spacial score (nSPS) is 20.4. The Kier molecular flexibility index (Phi) is 3.51. The number of thiophene rings is 1. The van der Waals surface area contributed by atoms with Crippen molar-refractivity contribution in [1.29, 1.82) is 0 Å². The molecule has 2 aliphatic rings. The molecule has 1 aliphatic carbocycles. The molecule has 0 saturated heterocycles. The van der Waals surface area contributed by atoms with Crippen LogP contribution in [0, 0.1) is 0 Å². The summed E-state index contributed by atoms with van der Waals surface area (Å²) in [6.07, 6.45) is 3.95. The van der Waals surface area contributed by atoms with Crippen LogP contribution in [0.1, 0.15) is 50.9 Å². The highest BCUT2D eigenvalue weighted by atomic mass is 32.1. The average Bonchev–Trinajstić information content (AvgIpc) is 2.98. The van der Waals surface area contributed by atoms with Gasteiger partial charge in [-0.3, -0.25) is 4.79 Å². The molecule has 0 bridgehead atoms. The van der Waals surface area contributed by atoms with Gasteiger partial charge in [-0.25, -0.2) is 0 Å². The van der Waals surface area contributed by atoms with Gasteiger partial charge in [-0.2, -0.15) is 0 Å². The molecule has 1 aromatic carbocycles.